The number of amides is 1. The molecular weight excluding hydrogens is 415 g/mol. The molecule has 0 saturated heterocycles. The predicted octanol–water partition coefficient (Wildman–Crippen LogP) is 2.05. The summed E-state index contributed by atoms with van der Waals surface area (Å²) in [6, 6.07) is 3.72. The van der Waals surface area contributed by atoms with E-state index < -0.39 is 12.1 Å². The van der Waals surface area contributed by atoms with Gasteiger partial charge in [-0.15, -0.1) is 0 Å². The van der Waals surface area contributed by atoms with E-state index in [1.807, 2.05) is 36.1 Å². The van der Waals surface area contributed by atoms with Crippen LogP contribution in [-0.2, 0) is 31.4 Å². The van der Waals surface area contributed by atoms with Crippen LogP contribution in [-0.4, -0.2) is 61.8 Å². The van der Waals surface area contributed by atoms with E-state index in [-0.39, 0.29) is 5.91 Å². The number of nitrogens with one attached hydrogen (secondary N) is 1. The number of hydrogen-bond acceptors (Lipinski definition) is 4. The monoisotopic (exact) mass is 441 g/mol. The molecule has 1 amide bonds. The Hall–Kier alpha value is -2.82. The van der Waals surface area contributed by atoms with Crippen LogP contribution < -0.4 is 5.32 Å². The predicted molar refractivity (Wildman–Crippen MR) is 105 cm³/mol. The van der Waals surface area contributed by atoms with Crippen molar-refractivity contribution in [2.24, 2.45) is 13.0 Å². The molecule has 31 heavy (non-hydrogen) atoms. The van der Waals surface area contributed by atoms with Gasteiger partial charge in [-0.25, -0.2) is 9.78 Å². The van der Waals surface area contributed by atoms with Crippen LogP contribution in [0.4, 0.5) is 13.2 Å². The maximum absolute atomic E-state index is 12.3. The standard InChI is InChI=1S/C18H25N5O.C2HF3O2/c1-21-7-2-3-16(21)18(24)20-12-15-11-19-17-6-8-22(9-10-23(15)17)13-14-4-5-14;3-2(4,5)1(6)7/h2-3,7,11,14H,4-6,8-10,12-13H2,1H3,(H,20,24);(H,6,7). The lowest BCUT2D eigenvalue weighted by atomic mass is 10.3. The second-order valence-electron chi connectivity index (χ2n) is 7.80. The Labute approximate surface area is 177 Å². The Kier molecular flexibility index (Phi) is 7.04. The van der Waals surface area contributed by atoms with Crippen LogP contribution in [0.1, 0.15) is 34.8 Å². The second-order valence-corrected chi connectivity index (χ2v) is 7.80. The average molecular weight is 441 g/mol. The zero-order chi connectivity index (χ0) is 22.6. The van der Waals surface area contributed by atoms with Crippen molar-refractivity contribution in [3.8, 4) is 0 Å². The maximum Gasteiger partial charge on any atom is 0.490 e. The number of nitrogens with zero attached hydrogens (tertiary/aromatic N) is 4. The molecule has 8 nitrogen and oxygen atoms in total. The molecule has 2 aliphatic rings. The highest BCUT2D eigenvalue weighted by Crippen LogP contribution is 2.30. The molecule has 2 aromatic heterocycles. The zero-order valence-corrected chi connectivity index (χ0v) is 17.2. The summed E-state index contributed by atoms with van der Waals surface area (Å²) < 4.78 is 35.9. The zero-order valence-electron chi connectivity index (χ0n) is 17.2. The second kappa shape index (κ2) is 9.54. The third-order valence-corrected chi connectivity index (χ3v) is 5.37. The number of aromatic nitrogens is 3. The summed E-state index contributed by atoms with van der Waals surface area (Å²) in [4.78, 5) is 28.3. The molecule has 1 aliphatic heterocycles. The fraction of sp³-hybridized carbons (Fsp3) is 0.550. The van der Waals surface area contributed by atoms with E-state index in [2.05, 4.69) is 19.8 Å². The molecule has 3 heterocycles. The van der Waals surface area contributed by atoms with Crippen LogP contribution in [0, 0.1) is 5.92 Å². The highest BCUT2D eigenvalue weighted by atomic mass is 19.4. The van der Waals surface area contributed by atoms with Gasteiger partial charge in [0.1, 0.15) is 11.5 Å². The van der Waals surface area contributed by atoms with Crippen LogP contribution in [0.2, 0.25) is 0 Å². The first-order valence-corrected chi connectivity index (χ1v) is 10.1. The smallest absolute Gasteiger partial charge is 0.475 e. The number of carboxylic acids is 1. The van der Waals surface area contributed by atoms with E-state index in [4.69, 9.17) is 9.90 Å². The van der Waals surface area contributed by atoms with Gasteiger partial charge < -0.3 is 24.5 Å². The minimum Gasteiger partial charge on any atom is -0.475 e. The first kappa shape index (κ1) is 22.9. The van der Waals surface area contributed by atoms with E-state index in [0.717, 1.165) is 43.5 Å². The van der Waals surface area contributed by atoms with Crippen molar-refractivity contribution >= 4 is 11.9 Å². The molecule has 0 spiro atoms. The number of aliphatic carboxylic acids is 1. The Morgan fingerprint density at radius 1 is 1.26 bits per heavy atom. The quantitative estimate of drug-likeness (QED) is 0.741. The number of imidazole rings is 1. The van der Waals surface area contributed by atoms with Gasteiger partial charge in [-0.1, -0.05) is 0 Å². The molecule has 0 radical (unpaired) electrons. The lowest BCUT2D eigenvalue weighted by Gasteiger charge is -2.19. The highest BCUT2D eigenvalue weighted by Gasteiger charge is 2.38. The molecule has 170 valence electrons. The molecule has 2 N–H and O–H groups in total. The van der Waals surface area contributed by atoms with Gasteiger partial charge in [0.15, 0.2) is 0 Å². The van der Waals surface area contributed by atoms with E-state index >= 15 is 0 Å². The summed E-state index contributed by atoms with van der Waals surface area (Å²) in [5, 5.41) is 10.1. The first-order valence-electron chi connectivity index (χ1n) is 10.1. The van der Waals surface area contributed by atoms with Crippen LogP contribution in [0.25, 0.3) is 0 Å². The molecule has 11 heteroatoms. The summed E-state index contributed by atoms with van der Waals surface area (Å²) in [5.41, 5.74) is 1.78. The van der Waals surface area contributed by atoms with Crippen molar-refractivity contribution in [2.75, 3.05) is 19.6 Å². The third-order valence-electron chi connectivity index (χ3n) is 5.37. The summed E-state index contributed by atoms with van der Waals surface area (Å²) in [6.45, 7) is 4.92. The van der Waals surface area contributed by atoms with Gasteiger partial charge in [0, 0.05) is 45.8 Å². The van der Waals surface area contributed by atoms with Gasteiger partial charge in [-0.2, -0.15) is 13.2 Å². The number of carbonyl (C=O) groups is 2. The van der Waals surface area contributed by atoms with Crippen molar-refractivity contribution in [2.45, 2.75) is 38.5 Å². The fourth-order valence-electron chi connectivity index (χ4n) is 3.49. The molecule has 4 rings (SSSR count). The van der Waals surface area contributed by atoms with Gasteiger partial charge in [0.25, 0.3) is 5.91 Å². The van der Waals surface area contributed by atoms with Crippen molar-refractivity contribution in [1.29, 1.82) is 0 Å². The lowest BCUT2D eigenvalue weighted by molar-refractivity contribution is -0.192. The molecule has 1 fully saturated rings. The SMILES string of the molecule is Cn1cccc1C(=O)NCc1cnc2n1CCN(CC1CC1)CC2.O=C(O)C(F)(F)F. The molecule has 2 aromatic rings. The Morgan fingerprint density at radius 3 is 2.55 bits per heavy atom. The van der Waals surface area contributed by atoms with E-state index in [1.54, 1.807) is 0 Å². The Morgan fingerprint density at radius 2 is 1.97 bits per heavy atom. The minimum atomic E-state index is -5.08. The van der Waals surface area contributed by atoms with Crippen LogP contribution in [0.3, 0.4) is 0 Å². The largest absolute Gasteiger partial charge is 0.490 e. The molecule has 0 aromatic carbocycles. The Bertz CT molecular complexity index is 918. The van der Waals surface area contributed by atoms with Crippen molar-refractivity contribution in [3.63, 3.8) is 0 Å². The Balaban J connectivity index is 0.000000339. The number of fused-ring (bicyclic) bond motifs is 1. The van der Waals surface area contributed by atoms with Gasteiger partial charge >= 0.3 is 12.1 Å². The molecule has 0 bridgehead atoms. The van der Waals surface area contributed by atoms with Crippen LogP contribution >= 0.6 is 0 Å². The number of halogens is 3. The van der Waals surface area contributed by atoms with E-state index in [0.29, 0.717) is 12.2 Å². The van der Waals surface area contributed by atoms with Crippen molar-refractivity contribution in [1.82, 2.24) is 24.3 Å². The lowest BCUT2D eigenvalue weighted by Crippen LogP contribution is -2.29. The fourth-order valence-corrected chi connectivity index (χ4v) is 3.49. The maximum atomic E-state index is 12.3. The first-order chi connectivity index (χ1) is 14.6. The number of carbonyl (C=O) groups excluding carboxylic acids is 1. The van der Waals surface area contributed by atoms with E-state index in [9.17, 15) is 18.0 Å². The topological polar surface area (TPSA) is 92.4 Å². The van der Waals surface area contributed by atoms with Crippen LogP contribution in [0.5, 0.6) is 0 Å². The summed E-state index contributed by atoms with van der Waals surface area (Å²) >= 11 is 0. The summed E-state index contributed by atoms with van der Waals surface area (Å²) in [6.07, 6.45) is 2.51. The molecular formula is C20H26F3N5O3. The summed E-state index contributed by atoms with van der Waals surface area (Å²) in [5.74, 6) is -0.717. The molecule has 1 saturated carbocycles. The van der Waals surface area contributed by atoms with Gasteiger partial charge in [-0.05, 0) is 30.9 Å². The number of aryl methyl sites for hydroxylation is 1. The normalized spacial score (nSPS) is 16.6. The third kappa shape index (κ3) is 6.33. The van der Waals surface area contributed by atoms with E-state index in [1.165, 1.54) is 19.4 Å². The number of alkyl halides is 3. The average Bonchev–Trinajstić information content (AvgIpc) is 3.34. The van der Waals surface area contributed by atoms with Gasteiger partial charge in [0.05, 0.1) is 18.4 Å². The molecule has 1 aliphatic carbocycles. The van der Waals surface area contributed by atoms with Crippen molar-refractivity contribution in [3.05, 3.63) is 41.7 Å². The number of hydrogen-bond donors (Lipinski definition) is 2. The van der Waals surface area contributed by atoms with Crippen molar-refractivity contribution < 1.29 is 27.9 Å². The number of carboxylic acid groups (broad SMARTS) is 1. The highest BCUT2D eigenvalue weighted by molar-refractivity contribution is 5.92. The number of rotatable bonds is 5. The summed E-state index contributed by atoms with van der Waals surface area (Å²) in [7, 11) is 1.88. The molecule has 0 atom stereocenters. The molecule has 0 unspecified atom stereocenters. The minimum absolute atomic E-state index is 0.0398. The van der Waals surface area contributed by atoms with Gasteiger partial charge in [0.2, 0.25) is 0 Å². The van der Waals surface area contributed by atoms with Gasteiger partial charge in [-0.3, -0.25) is 4.79 Å². The van der Waals surface area contributed by atoms with Crippen LogP contribution in [0.15, 0.2) is 24.5 Å².